The predicted molar refractivity (Wildman–Crippen MR) is 92.2 cm³/mol. The highest BCUT2D eigenvalue weighted by Crippen LogP contribution is 2.22. The van der Waals surface area contributed by atoms with Crippen LogP contribution in [0.4, 0.5) is 0 Å². The first-order chi connectivity index (χ1) is 11.3. The van der Waals surface area contributed by atoms with Gasteiger partial charge in [-0.2, -0.15) is 0 Å². The zero-order chi connectivity index (χ0) is 15.9. The Morgan fingerprint density at radius 1 is 1.17 bits per heavy atom. The van der Waals surface area contributed by atoms with Crippen LogP contribution in [-0.4, -0.2) is 22.5 Å². The Morgan fingerprint density at radius 2 is 2.00 bits per heavy atom. The molecule has 0 fully saturated rings. The molecule has 0 unspecified atom stereocenters. The highest BCUT2D eigenvalue weighted by Gasteiger charge is 2.02. The number of hydrogen-bond donors (Lipinski definition) is 0. The van der Waals surface area contributed by atoms with Gasteiger partial charge in [0.25, 0.3) is 0 Å². The molecule has 23 heavy (non-hydrogen) atoms. The smallest absolute Gasteiger partial charge is 0.330 e. The van der Waals surface area contributed by atoms with Crippen molar-refractivity contribution in [3.05, 3.63) is 65.4 Å². The summed E-state index contributed by atoms with van der Waals surface area (Å²) in [6, 6.07) is 11.8. The Balaban J connectivity index is 1.45. The molecule has 0 bridgehead atoms. The molecule has 2 aromatic heterocycles. The van der Waals surface area contributed by atoms with E-state index in [1.54, 1.807) is 29.8 Å². The molecule has 0 saturated heterocycles. The molecule has 116 valence electrons. The summed E-state index contributed by atoms with van der Waals surface area (Å²) in [7, 11) is 0. The molecule has 0 spiro atoms. The van der Waals surface area contributed by atoms with Crippen molar-refractivity contribution in [2.24, 2.45) is 0 Å². The second kappa shape index (κ2) is 7.65. The van der Waals surface area contributed by atoms with E-state index in [0.717, 1.165) is 28.1 Å². The van der Waals surface area contributed by atoms with Gasteiger partial charge in [0, 0.05) is 18.5 Å². The van der Waals surface area contributed by atoms with Crippen LogP contribution >= 0.6 is 11.3 Å². The first kappa shape index (κ1) is 15.4. The Morgan fingerprint density at radius 3 is 2.83 bits per heavy atom. The lowest BCUT2D eigenvalue weighted by Gasteiger charge is -2.02. The van der Waals surface area contributed by atoms with Crippen molar-refractivity contribution in [3.63, 3.8) is 0 Å². The summed E-state index contributed by atoms with van der Waals surface area (Å²) in [4.78, 5) is 20.1. The molecule has 4 nitrogen and oxygen atoms in total. The number of aryl methyl sites for hydroxylation is 1. The fourth-order valence-electron chi connectivity index (χ4n) is 2.15. The van der Waals surface area contributed by atoms with Crippen LogP contribution in [0.2, 0.25) is 0 Å². The first-order valence-electron chi connectivity index (χ1n) is 7.40. The van der Waals surface area contributed by atoms with Crippen molar-refractivity contribution in [3.8, 4) is 0 Å². The molecule has 2 heterocycles. The van der Waals surface area contributed by atoms with Gasteiger partial charge >= 0.3 is 5.97 Å². The predicted octanol–water partition coefficient (Wildman–Crippen LogP) is 3.88. The summed E-state index contributed by atoms with van der Waals surface area (Å²) in [5, 5.41) is 0.805. The van der Waals surface area contributed by atoms with Gasteiger partial charge in [-0.25, -0.2) is 9.78 Å². The quantitative estimate of drug-likeness (QED) is 0.392. The number of fused-ring (bicyclic) bond motifs is 1. The Labute approximate surface area is 138 Å². The number of aromatic nitrogens is 2. The van der Waals surface area contributed by atoms with E-state index >= 15 is 0 Å². The highest BCUT2D eigenvalue weighted by molar-refractivity contribution is 7.19. The lowest BCUT2D eigenvalue weighted by atomic mass is 10.1. The van der Waals surface area contributed by atoms with E-state index in [1.807, 2.05) is 36.4 Å². The van der Waals surface area contributed by atoms with Gasteiger partial charge < -0.3 is 4.74 Å². The Kier molecular flexibility index (Phi) is 5.11. The monoisotopic (exact) mass is 324 g/mol. The zero-order valence-corrected chi connectivity index (χ0v) is 13.3. The van der Waals surface area contributed by atoms with Gasteiger partial charge in [-0.1, -0.05) is 12.1 Å². The average Bonchev–Trinajstić information content (AvgIpc) is 3.01. The molecule has 1 aromatic carbocycles. The van der Waals surface area contributed by atoms with Crippen LogP contribution in [0.1, 0.15) is 17.0 Å². The van der Waals surface area contributed by atoms with Gasteiger partial charge in [0.05, 0.1) is 16.8 Å². The molecule has 0 radical (unpaired) electrons. The number of para-hydroxylation sites is 1. The van der Waals surface area contributed by atoms with E-state index in [-0.39, 0.29) is 5.97 Å². The number of ether oxygens (including phenoxy) is 1. The van der Waals surface area contributed by atoms with Gasteiger partial charge in [-0.15, -0.1) is 11.3 Å². The summed E-state index contributed by atoms with van der Waals surface area (Å²) >= 11 is 1.55. The van der Waals surface area contributed by atoms with Crippen LogP contribution in [0.25, 0.3) is 16.3 Å². The van der Waals surface area contributed by atoms with E-state index < -0.39 is 0 Å². The molecule has 0 amide bonds. The number of carbonyl (C=O) groups excluding carboxylic acids is 1. The minimum atomic E-state index is -0.334. The lowest BCUT2D eigenvalue weighted by molar-refractivity contribution is -0.137. The van der Waals surface area contributed by atoms with Crippen molar-refractivity contribution in [2.75, 3.05) is 6.61 Å². The third-order valence-electron chi connectivity index (χ3n) is 3.28. The SMILES string of the molecule is O=C(C=Cc1nc2ccccc2s1)OCCCc1ccncc1. The summed E-state index contributed by atoms with van der Waals surface area (Å²) < 4.78 is 6.30. The normalized spacial score (nSPS) is 11.1. The highest BCUT2D eigenvalue weighted by atomic mass is 32.1. The first-order valence-corrected chi connectivity index (χ1v) is 8.22. The van der Waals surface area contributed by atoms with E-state index in [2.05, 4.69) is 9.97 Å². The van der Waals surface area contributed by atoms with Gasteiger partial charge in [-0.05, 0) is 48.7 Å². The minimum Gasteiger partial charge on any atom is -0.463 e. The van der Waals surface area contributed by atoms with Crippen molar-refractivity contribution in [1.82, 2.24) is 9.97 Å². The van der Waals surface area contributed by atoms with Crippen LogP contribution in [0.15, 0.2) is 54.9 Å². The van der Waals surface area contributed by atoms with Gasteiger partial charge in [-0.3, -0.25) is 4.98 Å². The second-order valence-electron chi connectivity index (χ2n) is 4.98. The number of hydrogen-bond acceptors (Lipinski definition) is 5. The van der Waals surface area contributed by atoms with Gasteiger partial charge in [0.2, 0.25) is 0 Å². The largest absolute Gasteiger partial charge is 0.463 e. The van der Waals surface area contributed by atoms with Crippen LogP contribution in [0.3, 0.4) is 0 Å². The molecule has 3 rings (SSSR count). The van der Waals surface area contributed by atoms with E-state index in [4.69, 9.17) is 4.74 Å². The molecular formula is C18H16N2O2S. The summed E-state index contributed by atoms with van der Waals surface area (Å²) in [6.45, 7) is 0.408. The second-order valence-corrected chi connectivity index (χ2v) is 6.04. The van der Waals surface area contributed by atoms with Crippen LogP contribution < -0.4 is 0 Å². The fourth-order valence-corrected chi connectivity index (χ4v) is 3.02. The number of rotatable bonds is 6. The number of thiazole rings is 1. The van der Waals surface area contributed by atoms with Crippen LogP contribution in [0, 0.1) is 0 Å². The standard InChI is InChI=1S/C18H16N2O2S/c21-18(22-13-3-4-14-9-11-19-12-10-14)8-7-17-20-15-5-1-2-6-16(15)23-17/h1-2,5-12H,3-4,13H2. The van der Waals surface area contributed by atoms with Crippen molar-refractivity contribution < 1.29 is 9.53 Å². The molecule has 0 aliphatic rings. The summed E-state index contributed by atoms with van der Waals surface area (Å²) in [6.07, 6.45) is 8.34. The van der Waals surface area contributed by atoms with Crippen LogP contribution in [0.5, 0.6) is 0 Å². The Hall–Kier alpha value is -2.53. The topological polar surface area (TPSA) is 52.1 Å². The van der Waals surface area contributed by atoms with E-state index in [0.29, 0.717) is 6.61 Å². The average molecular weight is 324 g/mol. The van der Waals surface area contributed by atoms with Crippen molar-refractivity contribution in [1.29, 1.82) is 0 Å². The fraction of sp³-hybridized carbons (Fsp3) is 0.167. The lowest BCUT2D eigenvalue weighted by Crippen LogP contribution is -2.03. The van der Waals surface area contributed by atoms with Crippen molar-refractivity contribution >= 4 is 33.6 Å². The van der Waals surface area contributed by atoms with E-state index in [1.165, 1.54) is 11.6 Å². The third kappa shape index (κ3) is 4.47. The van der Waals surface area contributed by atoms with Crippen molar-refractivity contribution in [2.45, 2.75) is 12.8 Å². The molecule has 0 aliphatic carbocycles. The maximum atomic E-state index is 11.7. The molecular weight excluding hydrogens is 308 g/mol. The number of nitrogens with zero attached hydrogens (tertiary/aromatic N) is 2. The zero-order valence-electron chi connectivity index (χ0n) is 12.5. The third-order valence-corrected chi connectivity index (χ3v) is 4.28. The van der Waals surface area contributed by atoms with E-state index in [9.17, 15) is 4.79 Å². The van der Waals surface area contributed by atoms with Gasteiger partial charge in [0.1, 0.15) is 5.01 Å². The number of pyridine rings is 1. The molecule has 0 saturated carbocycles. The van der Waals surface area contributed by atoms with Crippen LogP contribution in [-0.2, 0) is 16.0 Å². The molecule has 3 aromatic rings. The Bertz CT molecular complexity index is 779. The number of carbonyl (C=O) groups is 1. The molecule has 5 heteroatoms. The van der Waals surface area contributed by atoms with Gasteiger partial charge in [0.15, 0.2) is 0 Å². The minimum absolute atomic E-state index is 0.334. The summed E-state index contributed by atoms with van der Waals surface area (Å²) in [5.74, 6) is -0.334. The number of benzene rings is 1. The maximum Gasteiger partial charge on any atom is 0.330 e. The molecule has 0 atom stereocenters. The molecule has 0 aliphatic heterocycles. The summed E-state index contributed by atoms with van der Waals surface area (Å²) in [5.41, 5.74) is 2.14. The number of esters is 1. The molecule has 0 N–H and O–H groups in total. The maximum absolute atomic E-state index is 11.7.